The summed E-state index contributed by atoms with van der Waals surface area (Å²) in [5.41, 5.74) is 0.705. The van der Waals surface area contributed by atoms with Gasteiger partial charge in [-0.1, -0.05) is 15.9 Å². The molecule has 1 aromatic carbocycles. The van der Waals surface area contributed by atoms with Crippen LogP contribution in [0.5, 0.6) is 0 Å². The molecule has 1 heterocycles. The largest absolute Gasteiger partial charge is 0.311 e. The minimum atomic E-state index is -0.464. The van der Waals surface area contributed by atoms with Crippen LogP contribution in [0.15, 0.2) is 18.2 Å². The maximum absolute atomic E-state index is 13.0. The predicted octanol–water partition coefficient (Wildman–Crippen LogP) is 2.45. The van der Waals surface area contributed by atoms with Gasteiger partial charge in [0.05, 0.1) is 11.3 Å². The van der Waals surface area contributed by atoms with Crippen molar-refractivity contribution in [3.8, 4) is 6.07 Å². The van der Waals surface area contributed by atoms with Crippen molar-refractivity contribution in [2.24, 2.45) is 5.92 Å². The molecule has 0 bridgehead atoms. The molecule has 17 heavy (non-hydrogen) atoms. The van der Waals surface area contributed by atoms with Crippen molar-refractivity contribution in [2.45, 2.75) is 6.42 Å². The lowest BCUT2D eigenvalue weighted by Crippen LogP contribution is -2.25. The quantitative estimate of drug-likeness (QED) is 0.787. The van der Waals surface area contributed by atoms with Gasteiger partial charge in [-0.3, -0.25) is 4.79 Å². The normalized spacial score (nSPS) is 19.5. The highest BCUT2D eigenvalue weighted by molar-refractivity contribution is 9.09. The van der Waals surface area contributed by atoms with Crippen molar-refractivity contribution in [1.82, 2.24) is 0 Å². The molecule has 88 valence electrons. The molecular weight excluding hydrogens is 287 g/mol. The van der Waals surface area contributed by atoms with Gasteiger partial charge < -0.3 is 4.90 Å². The SMILES string of the molecule is N#Cc1cc(F)ccc1N1CC(CBr)CC1=O. The highest BCUT2D eigenvalue weighted by Gasteiger charge is 2.31. The molecule has 0 saturated carbocycles. The Hall–Kier alpha value is -1.41. The fourth-order valence-corrected chi connectivity index (χ4v) is 2.38. The summed E-state index contributed by atoms with van der Waals surface area (Å²) in [6.45, 7) is 0.574. The summed E-state index contributed by atoms with van der Waals surface area (Å²) in [6.07, 6.45) is 0.466. The molecule has 5 heteroatoms. The Labute approximate surface area is 107 Å². The third-order valence-corrected chi connectivity index (χ3v) is 3.71. The van der Waals surface area contributed by atoms with E-state index in [-0.39, 0.29) is 17.4 Å². The molecule has 1 saturated heterocycles. The van der Waals surface area contributed by atoms with E-state index in [4.69, 9.17) is 5.26 Å². The lowest BCUT2D eigenvalue weighted by molar-refractivity contribution is -0.117. The van der Waals surface area contributed by atoms with Crippen molar-refractivity contribution < 1.29 is 9.18 Å². The van der Waals surface area contributed by atoms with Gasteiger partial charge in [0.15, 0.2) is 0 Å². The van der Waals surface area contributed by atoms with E-state index in [9.17, 15) is 9.18 Å². The highest BCUT2D eigenvalue weighted by Crippen LogP contribution is 2.29. The Morgan fingerprint density at radius 1 is 1.59 bits per heavy atom. The fourth-order valence-electron chi connectivity index (χ4n) is 1.95. The van der Waals surface area contributed by atoms with Crippen LogP contribution in [0.3, 0.4) is 0 Å². The number of anilines is 1. The number of halogens is 2. The van der Waals surface area contributed by atoms with Crippen molar-refractivity contribution in [2.75, 3.05) is 16.8 Å². The van der Waals surface area contributed by atoms with Crippen LogP contribution in [0, 0.1) is 23.1 Å². The molecule has 1 amide bonds. The zero-order chi connectivity index (χ0) is 12.4. The van der Waals surface area contributed by atoms with Crippen molar-refractivity contribution >= 4 is 27.5 Å². The first-order valence-electron chi connectivity index (χ1n) is 5.21. The van der Waals surface area contributed by atoms with Crippen LogP contribution in [-0.2, 0) is 4.79 Å². The number of benzene rings is 1. The number of rotatable bonds is 2. The summed E-state index contributed by atoms with van der Waals surface area (Å²) in [5, 5.41) is 9.70. The van der Waals surface area contributed by atoms with Crippen molar-refractivity contribution in [3.63, 3.8) is 0 Å². The number of hydrogen-bond acceptors (Lipinski definition) is 2. The molecule has 1 fully saturated rings. The van der Waals surface area contributed by atoms with Gasteiger partial charge in [0.25, 0.3) is 0 Å². The highest BCUT2D eigenvalue weighted by atomic mass is 79.9. The fraction of sp³-hybridized carbons (Fsp3) is 0.333. The molecule has 1 aliphatic heterocycles. The van der Waals surface area contributed by atoms with Crippen LogP contribution < -0.4 is 4.90 Å². The molecular formula is C12H10BrFN2O. The molecule has 2 rings (SSSR count). The smallest absolute Gasteiger partial charge is 0.227 e. The van der Waals surface area contributed by atoms with E-state index in [1.165, 1.54) is 12.1 Å². The second kappa shape index (κ2) is 4.84. The van der Waals surface area contributed by atoms with Gasteiger partial charge in [0.1, 0.15) is 11.9 Å². The molecule has 1 unspecified atom stereocenters. The number of carbonyl (C=O) groups is 1. The second-order valence-electron chi connectivity index (χ2n) is 4.00. The lowest BCUT2D eigenvalue weighted by atomic mass is 10.1. The minimum absolute atomic E-state index is 0.0161. The Bertz CT molecular complexity index is 498. The summed E-state index contributed by atoms with van der Waals surface area (Å²) < 4.78 is 13.0. The molecule has 3 nitrogen and oxygen atoms in total. The number of amides is 1. The van der Waals surface area contributed by atoms with Crippen LogP contribution >= 0.6 is 15.9 Å². The molecule has 0 aromatic heterocycles. The first-order chi connectivity index (χ1) is 8.15. The number of hydrogen-bond donors (Lipinski definition) is 0. The molecule has 0 aliphatic carbocycles. The van der Waals surface area contributed by atoms with E-state index in [1.807, 2.05) is 6.07 Å². The first kappa shape index (κ1) is 12.1. The summed E-state index contributed by atoms with van der Waals surface area (Å²) in [5.74, 6) is -0.231. The standard InChI is InChI=1S/C12H10BrFN2O/c13-5-8-3-12(17)16(7-8)11-2-1-10(14)4-9(11)6-15/h1-2,4,8H,3,5,7H2. The molecule has 1 aliphatic rings. The monoisotopic (exact) mass is 296 g/mol. The molecule has 0 N–H and O–H groups in total. The van der Waals surface area contributed by atoms with Gasteiger partial charge in [-0.15, -0.1) is 0 Å². The van der Waals surface area contributed by atoms with Gasteiger partial charge in [-0.05, 0) is 24.1 Å². The van der Waals surface area contributed by atoms with E-state index in [0.29, 0.717) is 18.7 Å². The second-order valence-corrected chi connectivity index (χ2v) is 4.65. The summed E-state index contributed by atoms with van der Waals surface area (Å²) in [6, 6.07) is 5.84. The maximum Gasteiger partial charge on any atom is 0.227 e. The maximum atomic E-state index is 13.0. The average molecular weight is 297 g/mol. The van der Waals surface area contributed by atoms with Gasteiger partial charge in [-0.25, -0.2) is 4.39 Å². The van der Waals surface area contributed by atoms with Gasteiger partial charge >= 0.3 is 0 Å². The van der Waals surface area contributed by atoms with E-state index in [2.05, 4.69) is 15.9 Å². The third kappa shape index (κ3) is 2.32. The third-order valence-electron chi connectivity index (χ3n) is 2.79. The topological polar surface area (TPSA) is 44.1 Å². The van der Waals surface area contributed by atoms with Gasteiger partial charge in [-0.2, -0.15) is 5.26 Å². The zero-order valence-electron chi connectivity index (χ0n) is 8.99. The molecule has 1 atom stereocenters. The number of nitrogens with zero attached hydrogens (tertiary/aromatic N) is 2. The predicted molar refractivity (Wildman–Crippen MR) is 65.4 cm³/mol. The molecule has 0 spiro atoms. The van der Waals surface area contributed by atoms with Gasteiger partial charge in [0, 0.05) is 18.3 Å². The average Bonchev–Trinajstić information content (AvgIpc) is 2.70. The van der Waals surface area contributed by atoms with Crippen LogP contribution in [0.1, 0.15) is 12.0 Å². The summed E-state index contributed by atoms with van der Waals surface area (Å²) in [7, 11) is 0. The number of alkyl halides is 1. The van der Waals surface area contributed by atoms with E-state index in [0.717, 1.165) is 11.4 Å². The summed E-state index contributed by atoms with van der Waals surface area (Å²) in [4.78, 5) is 13.4. The number of carbonyl (C=O) groups excluding carboxylic acids is 1. The molecule has 1 aromatic rings. The van der Waals surface area contributed by atoms with Crippen LogP contribution in [-0.4, -0.2) is 17.8 Å². The van der Waals surface area contributed by atoms with E-state index < -0.39 is 5.82 Å². The lowest BCUT2D eigenvalue weighted by Gasteiger charge is -2.17. The van der Waals surface area contributed by atoms with Gasteiger partial charge in [0.2, 0.25) is 5.91 Å². The molecule has 0 radical (unpaired) electrons. The van der Waals surface area contributed by atoms with Crippen molar-refractivity contribution in [1.29, 1.82) is 5.26 Å². The Morgan fingerprint density at radius 3 is 2.94 bits per heavy atom. The summed E-state index contributed by atoms with van der Waals surface area (Å²) >= 11 is 3.35. The Morgan fingerprint density at radius 2 is 2.35 bits per heavy atom. The zero-order valence-corrected chi connectivity index (χ0v) is 10.6. The van der Waals surface area contributed by atoms with Crippen LogP contribution in [0.2, 0.25) is 0 Å². The van der Waals surface area contributed by atoms with E-state index in [1.54, 1.807) is 4.90 Å². The Kier molecular flexibility index (Phi) is 3.43. The van der Waals surface area contributed by atoms with E-state index >= 15 is 0 Å². The van der Waals surface area contributed by atoms with Crippen molar-refractivity contribution in [3.05, 3.63) is 29.6 Å². The minimum Gasteiger partial charge on any atom is -0.311 e. The Balaban J connectivity index is 2.35. The van der Waals surface area contributed by atoms with Crippen LogP contribution in [0.25, 0.3) is 0 Å². The number of nitriles is 1. The van der Waals surface area contributed by atoms with Crippen LogP contribution in [0.4, 0.5) is 10.1 Å². The first-order valence-corrected chi connectivity index (χ1v) is 6.34.